The van der Waals surface area contributed by atoms with E-state index in [-0.39, 0.29) is 6.04 Å². The average molecular weight is 487 g/mol. The minimum Gasteiger partial charge on any atom is -0.355 e. The molecule has 4 aromatic rings. The van der Waals surface area contributed by atoms with Gasteiger partial charge in [0.25, 0.3) is 0 Å². The second-order valence-corrected chi connectivity index (χ2v) is 9.76. The van der Waals surface area contributed by atoms with Crippen molar-refractivity contribution in [3.8, 4) is 0 Å². The second-order valence-electron chi connectivity index (χ2n) is 9.48. The van der Waals surface area contributed by atoms with Crippen LogP contribution in [0.1, 0.15) is 24.5 Å². The summed E-state index contributed by atoms with van der Waals surface area (Å²) in [4.78, 5) is 4.87. The molecule has 3 heteroatoms. The van der Waals surface area contributed by atoms with Gasteiger partial charge in [-0.2, -0.15) is 12.6 Å². The first kappa shape index (κ1) is 22.8. The van der Waals surface area contributed by atoms with E-state index >= 15 is 0 Å². The van der Waals surface area contributed by atoms with E-state index in [1.54, 1.807) is 0 Å². The van der Waals surface area contributed by atoms with Crippen LogP contribution in [0, 0.1) is 0 Å². The summed E-state index contributed by atoms with van der Waals surface area (Å²) < 4.78 is 0. The van der Waals surface area contributed by atoms with E-state index in [1.807, 2.05) is 0 Å². The van der Waals surface area contributed by atoms with Gasteiger partial charge in [0.15, 0.2) is 0 Å². The monoisotopic (exact) mass is 486 g/mol. The quantitative estimate of drug-likeness (QED) is 0.253. The summed E-state index contributed by atoms with van der Waals surface area (Å²) in [7, 11) is 0. The predicted molar refractivity (Wildman–Crippen MR) is 157 cm³/mol. The molecule has 1 unspecified atom stereocenters. The van der Waals surface area contributed by atoms with Gasteiger partial charge < -0.3 is 9.80 Å². The summed E-state index contributed by atoms with van der Waals surface area (Å²) in [6.45, 7) is 2.28. The van der Waals surface area contributed by atoms with Crippen molar-refractivity contribution < 1.29 is 0 Å². The van der Waals surface area contributed by atoms with Crippen molar-refractivity contribution in [2.75, 3.05) is 15.7 Å². The Hall–Kier alpha value is -3.69. The number of rotatable bonds is 5. The summed E-state index contributed by atoms with van der Waals surface area (Å²) in [5, 5.41) is 2.62. The molecule has 1 aliphatic carbocycles. The first-order valence-electron chi connectivity index (χ1n) is 12.6. The van der Waals surface area contributed by atoms with E-state index in [9.17, 15) is 0 Å². The molecule has 0 radical (unpaired) electrons. The molecule has 1 atom stereocenters. The first-order valence-corrected chi connectivity index (χ1v) is 13.2. The number of hydrogen-bond acceptors (Lipinski definition) is 3. The number of benzene rings is 4. The number of hydrogen-bond donors (Lipinski definition) is 1. The Bertz CT molecular complexity index is 1550. The van der Waals surface area contributed by atoms with Gasteiger partial charge in [0, 0.05) is 34.7 Å². The van der Waals surface area contributed by atoms with E-state index in [0.717, 1.165) is 12.8 Å². The third-order valence-electron chi connectivity index (χ3n) is 7.42. The number of thiol groups is 1. The van der Waals surface area contributed by atoms with Crippen molar-refractivity contribution in [1.82, 2.24) is 0 Å². The molecule has 1 heterocycles. The SMILES string of the molecule is C/C(=C1\Cc2ccccc2N1c1ccccc1)c1ccccc1N(CS)C1C=c2ccccc2=CC1. The lowest BCUT2D eigenvalue weighted by Crippen LogP contribution is -2.40. The summed E-state index contributed by atoms with van der Waals surface area (Å²) in [5.41, 5.74) is 8.97. The summed E-state index contributed by atoms with van der Waals surface area (Å²) in [6, 6.07) is 37.2. The molecular formula is C33H30N2S. The number of anilines is 3. The molecule has 0 N–H and O–H groups in total. The van der Waals surface area contributed by atoms with Crippen LogP contribution >= 0.6 is 12.6 Å². The highest BCUT2D eigenvalue weighted by atomic mass is 32.1. The first-order chi connectivity index (χ1) is 17.7. The Morgan fingerprint density at radius 2 is 1.53 bits per heavy atom. The van der Waals surface area contributed by atoms with Gasteiger partial charge in [-0.1, -0.05) is 91.0 Å². The van der Waals surface area contributed by atoms with Crippen LogP contribution in [0.3, 0.4) is 0 Å². The van der Waals surface area contributed by atoms with Gasteiger partial charge in [0.2, 0.25) is 0 Å². The molecule has 2 aliphatic rings. The smallest absolute Gasteiger partial charge is 0.0616 e. The van der Waals surface area contributed by atoms with Gasteiger partial charge in [0.05, 0.1) is 11.9 Å². The van der Waals surface area contributed by atoms with Crippen LogP contribution in [-0.2, 0) is 6.42 Å². The largest absolute Gasteiger partial charge is 0.355 e. The van der Waals surface area contributed by atoms with Gasteiger partial charge in [-0.3, -0.25) is 0 Å². The Balaban J connectivity index is 1.46. The van der Waals surface area contributed by atoms with Crippen molar-refractivity contribution in [3.05, 3.63) is 130 Å². The molecule has 2 nitrogen and oxygen atoms in total. The molecule has 0 spiro atoms. The van der Waals surface area contributed by atoms with E-state index < -0.39 is 0 Å². The normalized spacial score (nSPS) is 17.5. The molecule has 36 heavy (non-hydrogen) atoms. The number of allylic oxidation sites excluding steroid dienone is 2. The van der Waals surface area contributed by atoms with Crippen LogP contribution in [-0.4, -0.2) is 11.9 Å². The van der Waals surface area contributed by atoms with Crippen molar-refractivity contribution in [2.45, 2.75) is 25.8 Å². The van der Waals surface area contributed by atoms with E-state index in [4.69, 9.17) is 12.6 Å². The predicted octanol–water partition coefficient (Wildman–Crippen LogP) is 6.54. The topological polar surface area (TPSA) is 6.48 Å². The molecule has 0 amide bonds. The van der Waals surface area contributed by atoms with Crippen molar-refractivity contribution in [3.63, 3.8) is 0 Å². The van der Waals surface area contributed by atoms with Crippen LogP contribution in [0.4, 0.5) is 17.1 Å². The van der Waals surface area contributed by atoms with Crippen LogP contribution in [0.25, 0.3) is 17.7 Å². The van der Waals surface area contributed by atoms with Gasteiger partial charge in [-0.25, -0.2) is 0 Å². The van der Waals surface area contributed by atoms with E-state index in [1.165, 1.54) is 49.9 Å². The Labute approximate surface area is 218 Å². The molecule has 0 saturated carbocycles. The van der Waals surface area contributed by atoms with Gasteiger partial charge in [0.1, 0.15) is 0 Å². The Kier molecular flexibility index (Phi) is 6.16. The highest BCUT2D eigenvalue weighted by molar-refractivity contribution is 7.80. The average Bonchev–Trinajstić information content (AvgIpc) is 3.33. The maximum Gasteiger partial charge on any atom is 0.0616 e. The lowest BCUT2D eigenvalue weighted by molar-refractivity contribution is 0.789. The van der Waals surface area contributed by atoms with Crippen LogP contribution < -0.4 is 20.2 Å². The fourth-order valence-electron chi connectivity index (χ4n) is 5.60. The number of fused-ring (bicyclic) bond motifs is 2. The molecule has 6 rings (SSSR count). The van der Waals surface area contributed by atoms with Crippen LogP contribution in [0.15, 0.2) is 109 Å². The fourth-order valence-corrected chi connectivity index (χ4v) is 5.96. The van der Waals surface area contributed by atoms with E-state index in [2.05, 4.69) is 132 Å². The highest BCUT2D eigenvalue weighted by Crippen LogP contribution is 2.44. The molecule has 1 aliphatic heterocycles. The number of nitrogens with zero attached hydrogens (tertiary/aromatic N) is 2. The van der Waals surface area contributed by atoms with Gasteiger partial charge in [-0.15, -0.1) is 0 Å². The summed E-state index contributed by atoms with van der Waals surface area (Å²) in [6.07, 6.45) is 6.65. The zero-order chi connectivity index (χ0) is 24.5. The zero-order valence-electron chi connectivity index (χ0n) is 20.5. The highest BCUT2D eigenvalue weighted by Gasteiger charge is 2.28. The minimum absolute atomic E-state index is 0.266. The molecule has 4 aromatic carbocycles. The Morgan fingerprint density at radius 1 is 0.833 bits per heavy atom. The standard InChI is InChI=1S/C33H30N2S/c1-24(33-22-27-13-7-9-17-31(27)35(33)28-14-3-2-4-15-28)30-16-8-10-18-32(30)34(23-36)29-20-19-25-11-5-6-12-26(25)21-29/h2-19,21,29,36H,20,22-23H2,1H3/b33-24-. The summed E-state index contributed by atoms with van der Waals surface area (Å²) >= 11 is 4.81. The maximum absolute atomic E-state index is 4.81. The third kappa shape index (κ3) is 4.04. The molecule has 0 saturated heterocycles. The minimum atomic E-state index is 0.266. The van der Waals surface area contributed by atoms with Crippen LogP contribution in [0.2, 0.25) is 0 Å². The number of para-hydroxylation sites is 3. The maximum atomic E-state index is 4.81. The second kappa shape index (κ2) is 9.75. The van der Waals surface area contributed by atoms with Crippen molar-refractivity contribution in [1.29, 1.82) is 0 Å². The molecule has 0 bridgehead atoms. The van der Waals surface area contributed by atoms with Crippen LogP contribution in [0.5, 0.6) is 0 Å². The van der Waals surface area contributed by atoms with Gasteiger partial charge >= 0.3 is 0 Å². The summed E-state index contributed by atoms with van der Waals surface area (Å²) in [5.74, 6) is 0.652. The molecule has 0 aromatic heterocycles. The zero-order valence-corrected chi connectivity index (χ0v) is 21.4. The van der Waals surface area contributed by atoms with E-state index in [0.29, 0.717) is 5.88 Å². The third-order valence-corrected chi connectivity index (χ3v) is 7.73. The molecular weight excluding hydrogens is 456 g/mol. The van der Waals surface area contributed by atoms with Crippen molar-refractivity contribution >= 4 is 47.4 Å². The lowest BCUT2D eigenvalue weighted by Gasteiger charge is -2.33. The van der Waals surface area contributed by atoms with Gasteiger partial charge in [-0.05, 0) is 59.2 Å². The van der Waals surface area contributed by atoms with Crippen molar-refractivity contribution in [2.24, 2.45) is 0 Å². The molecule has 178 valence electrons. The molecule has 0 fully saturated rings. The lowest BCUT2D eigenvalue weighted by atomic mass is 9.97. The Morgan fingerprint density at radius 3 is 2.36 bits per heavy atom. The fraction of sp³-hybridized carbons (Fsp3) is 0.152.